The van der Waals surface area contributed by atoms with Gasteiger partial charge in [-0.3, -0.25) is 4.79 Å². The van der Waals surface area contributed by atoms with Crippen molar-refractivity contribution in [1.82, 2.24) is 5.32 Å². The van der Waals surface area contributed by atoms with Gasteiger partial charge in [-0.05, 0) is 36.2 Å². The van der Waals surface area contributed by atoms with Crippen LogP contribution in [0.4, 0.5) is 0 Å². The van der Waals surface area contributed by atoms with Gasteiger partial charge in [0, 0.05) is 17.8 Å². The van der Waals surface area contributed by atoms with Gasteiger partial charge in [0.25, 0.3) is 0 Å². The number of amides is 1. The highest BCUT2D eigenvalue weighted by atomic mass is 79.9. The highest BCUT2D eigenvalue weighted by molar-refractivity contribution is 9.09. The third kappa shape index (κ3) is 5.96. The van der Waals surface area contributed by atoms with E-state index < -0.39 is 0 Å². The van der Waals surface area contributed by atoms with E-state index in [0.29, 0.717) is 16.7 Å². The first-order valence-electron chi connectivity index (χ1n) is 7.15. The Balaban J connectivity index is 2.19. The van der Waals surface area contributed by atoms with Crippen LogP contribution in [0.15, 0.2) is 0 Å². The third-order valence-corrected chi connectivity index (χ3v) is 5.99. The van der Waals surface area contributed by atoms with Crippen LogP contribution >= 0.6 is 27.7 Å². The van der Waals surface area contributed by atoms with Gasteiger partial charge in [-0.25, -0.2) is 0 Å². The quantitative estimate of drug-likeness (QED) is 0.716. The van der Waals surface area contributed by atoms with Gasteiger partial charge in [-0.1, -0.05) is 42.6 Å². The summed E-state index contributed by atoms with van der Waals surface area (Å²) in [6.45, 7) is 5.19. The van der Waals surface area contributed by atoms with E-state index in [1.807, 2.05) is 11.8 Å². The molecule has 4 heteroatoms. The Kier molecular flexibility index (Phi) is 8.40. The molecule has 1 amide bonds. The summed E-state index contributed by atoms with van der Waals surface area (Å²) in [4.78, 5) is 12.3. The molecule has 1 unspecified atom stereocenters. The van der Waals surface area contributed by atoms with E-state index >= 15 is 0 Å². The Hall–Kier alpha value is 0.300. The van der Waals surface area contributed by atoms with Crippen LogP contribution in [0, 0.1) is 11.8 Å². The number of nitrogens with one attached hydrogen (secondary N) is 1. The first-order chi connectivity index (χ1) is 8.67. The number of halogens is 1. The molecule has 1 fully saturated rings. The van der Waals surface area contributed by atoms with Crippen molar-refractivity contribution in [1.29, 1.82) is 0 Å². The lowest BCUT2D eigenvalue weighted by molar-refractivity contribution is -0.122. The second-order valence-electron chi connectivity index (χ2n) is 5.16. The normalized spacial score (nSPS) is 18.9. The van der Waals surface area contributed by atoms with Crippen LogP contribution in [-0.4, -0.2) is 28.8 Å². The monoisotopic (exact) mass is 335 g/mol. The summed E-state index contributed by atoms with van der Waals surface area (Å²) in [7, 11) is 0. The average molecular weight is 336 g/mol. The van der Waals surface area contributed by atoms with Gasteiger partial charge in [0.05, 0.1) is 0 Å². The van der Waals surface area contributed by atoms with Crippen molar-refractivity contribution < 1.29 is 4.79 Å². The van der Waals surface area contributed by atoms with E-state index in [4.69, 9.17) is 0 Å². The molecular formula is C14H26BrNOS. The molecule has 0 aromatic rings. The number of rotatable bonds is 7. The van der Waals surface area contributed by atoms with Gasteiger partial charge in [-0.2, -0.15) is 11.8 Å². The van der Waals surface area contributed by atoms with Gasteiger partial charge in [-0.15, -0.1) is 0 Å². The molecule has 1 atom stereocenters. The molecule has 0 aliphatic carbocycles. The van der Waals surface area contributed by atoms with Crippen LogP contribution in [0.5, 0.6) is 0 Å². The van der Waals surface area contributed by atoms with Crippen molar-refractivity contribution in [2.24, 2.45) is 11.8 Å². The number of hydrogen-bond acceptors (Lipinski definition) is 2. The Labute approximate surface area is 124 Å². The Morgan fingerprint density at radius 3 is 2.50 bits per heavy atom. The smallest absolute Gasteiger partial charge is 0.220 e. The molecular weight excluding hydrogens is 310 g/mol. The molecule has 0 bridgehead atoms. The molecule has 1 saturated heterocycles. The maximum absolute atomic E-state index is 11.9. The summed E-state index contributed by atoms with van der Waals surface area (Å²) < 4.78 is 0. The van der Waals surface area contributed by atoms with E-state index in [9.17, 15) is 4.79 Å². The zero-order chi connectivity index (χ0) is 13.4. The van der Waals surface area contributed by atoms with Gasteiger partial charge < -0.3 is 5.32 Å². The molecule has 1 heterocycles. The molecule has 1 rings (SSSR count). The largest absolute Gasteiger partial charge is 0.355 e. The lowest BCUT2D eigenvalue weighted by Gasteiger charge is -2.22. The maximum Gasteiger partial charge on any atom is 0.220 e. The fraction of sp³-hybridized carbons (Fsp3) is 0.929. The van der Waals surface area contributed by atoms with Crippen molar-refractivity contribution in [2.75, 3.05) is 18.1 Å². The summed E-state index contributed by atoms with van der Waals surface area (Å²) in [6, 6.07) is 0. The van der Waals surface area contributed by atoms with Crippen LogP contribution in [0.25, 0.3) is 0 Å². The van der Waals surface area contributed by atoms with Crippen LogP contribution < -0.4 is 5.32 Å². The minimum Gasteiger partial charge on any atom is -0.355 e. The third-order valence-electron chi connectivity index (χ3n) is 3.87. The summed E-state index contributed by atoms with van der Waals surface area (Å²) in [6.07, 6.45) is 5.48. The van der Waals surface area contributed by atoms with Crippen molar-refractivity contribution in [3.8, 4) is 0 Å². The number of hydrogen-bond donors (Lipinski definition) is 1. The summed E-state index contributed by atoms with van der Waals surface area (Å²) in [5.41, 5.74) is 0. The van der Waals surface area contributed by atoms with Crippen molar-refractivity contribution in [3.05, 3.63) is 0 Å². The fourth-order valence-electron chi connectivity index (χ4n) is 2.46. The Bertz CT molecular complexity index is 240. The predicted octanol–water partition coefficient (Wildman–Crippen LogP) is 3.84. The second-order valence-corrected chi connectivity index (χ2v) is 7.56. The van der Waals surface area contributed by atoms with Crippen LogP contribution in [0.2, 0.25) is 0 Å². The average Bonchev–Trinajstić information content (AvgIpc) is 2.39. The zero-order valence-electron chi connectivity index (χ0n) is 11.6. The van der Waals surface area contributed by atoms with E-state index in [2.05, 4.69) is 35.1 Å². The molecule has 2 nitrogen and oxygen atoms in total. The molecule has 0 radical (unpaired) electrons. The zero-order valence-corrected chi connectivity index (χ0v) is 14.0. The summed E-state index contributed by atoms with van der Waals surface area (Å²) >= 11 is 5.71. The highest BCUT2D eigenvalue weighted by Crippen LogP contribution is 2.25. The van der Waals surface area contributed by atoms with Gasteiger partial charge in [0.1, 0.15) is 0 Å². The van der Waals surface area contributed by atoms with Crippen LogP contribution in [0.1, 0.15) is 46.0 Å². The molecule has 0 saturated carbocycles. The topological polar surface area (TPSA) is 29.1 Å². The molecule has 1 aliphatic heterocycles. The molecule has 0 aromatic heterocycles. The van der Waals surface area contributed by atoms with Crippen LogP contribution in [-0.2, 0) is 4.79 Å². The maximum atomic E-state index is 11.9. The second kappa shape index (κ2) is 9.24. The minimum atomic E-state index is 0.238. The van der Waals surface area contributed by atoms with Crippen molar-refractivity contribution >= 4 is 33.6 Å². The lowest BCUT2D eigenvalue weighted by Crippen LogP contribution is -2.34. The molecule has 0 aromatic carbocycles. The van der Waals surface area contributed by atoms with Crippen molar-refractivity contribution in [2.45, 2.75) is 50.8 Å². The molecule has 1 aliphatic rings. The first kappa shape index (κ1) is 16.4. The Morgan fingerprint density at radius 2 is 1.94 bits per heavy atom. The first-order valence-corrected chi connectivity index (χ1v) is 9.22. The standard InChI is InChI=1S/C14H26BrNOS/c1-3-12(4-2)13(15)10-16-14(17)9-11-5-7-18-8-6-11/h11-13H,3-10H2,1-2H3,(H,16,17). The van der Waals surface area contributed by atoms with E-state index in [1.54, 1.807) is 0 Å². The highest BCUT2D eigenvalue weighted by Gasteiger charge is 2.19. The molecule has 106 valence electrons. The number of thioether (sulfide) groups is 1. The number of alkyl halides is 1. The lowest BCUT2D eigenvalue weighted by atomic mass is 9.97. The summed E-state index contributed by atoms with van der Waals surface area (Å²) in [5.74, 6) is 3.98. The van der Waals surface area contributed by atoms with Crippen LogP contribution in [0.3, 0.4) is 0 Å². The number of carbonyl (C=O) groups is 1. The summed E-state index contributed by atoms with van der Waals surface area (Å²) in [5, 5.41) is 3.09. The SMILES string of the molecule is CCC(CC)C(Br)CNC(=O)CC1CCSCC1. The Morgan fingerprint density at radius 1 is 1.33 bits per heavy atom. The van der Waals surface area contributed by atoms with Gasteiger partial charge in [0.2, 0.25) is 5.91 Å². The fourth-order valence-corrected chi connectivity index (χ4v) is 4.58. The predicted molar refractivity (Wildman–Crippen MR) is 84.5 cm³/mol. The van der Waals surface area contributed by atoms with Gasteiger partial charge in [0.15, 0.2) is 0 Å². The van der Waals surface area contributed by atoms with E-state index in [0.717, 1.165) is 13.0 Å². The van der Waals surface area contributed by atoms with Crippen molar-refractivity contribution in [3.63, 3.8) is 0 Å². The van der Waals surface area contributed by atoms with E-state index in [1.165, 1.54) is 37.2 Å². The van der Waals surface area contributed by atoms with E-state index in [-0.39, 0.29) is 5.91 Å². The van der Waals surface area contributed by atoms with Gasteiger partial charge >= 0.3 is 0 Å². The minimum absolute atomic E-state index is 0.238. The molecule has 0 spiro atoms. The molecule has 1 N–H and O–H groups in total. The number of carbonyl (C=O) groups excluding carboxylic acids is 1. The molecule has 18 heavy (non-hydrogen) atoms.